The van der Waals surface area contributed by atoms with Gasteiger partial charge in [-0.25, -0.2) is 0 Å². The van der Waals surface area contributed by atoms with Crippen LogP contribution in [0.1, 0.15) is 25.0 Å². The first-order valence-corrected chi connectivity index (χ1v) is 10.6. The highest BCUT2D eigenvalue weighted by molar-refractivity contribution is 7.56. The van der Waals surface area contributed by atoms with E-state index < -0.39 is 0 Å². The van der Waals surface area contributed by atoms with Gasteiger partial charge in [-0.15, -0.1) is 0 Å². The number of hydrogen-bond donors (Lipinski definition) is 0. The van der Waals surface area contributed by atoms with Crippen LogP contribution in [-0.4, -0.2) is 13.1 Å². The summed E-state index contributed by atoms with van der Waals surface area (Å²) in [4.78, 5) is 2.43. The molecule has 0 N–H and O–H groups in total. The van der Waals surface area contributed by atoms with Gasteiger partial charge in [-0.2, -0.15) is 0 Å². The molecule has 0 aliphatic carbocycles. The van der Waals surface area contributed by atoms with Gasteiger partial charge in [0.05, 0.1) is 0 Å². The fourth-order valence-corrected chi connectivity index (χ4v) is 4.59. The zero-order valence-electron chi connectivity index (χ0n) is 16.4. The lowest BCUT2D eigenvalue weighted by Gasteiger charge is -2.25. The lowest BCUT2D eigenvalue weighted by Crippen LogP contribution is -2.27. The molecule has 3 aromatic carbocycles. The van der Waals surface area contributed by atoms with E-state index >= 15 is 0 Å². The highest BCUT2D eigenvalue weighted by atomic mass is 31.1. The molecule has 0 saturated heterocycles. The van der Waals surface area contributed by atoms with Gasteiger partial charge in [0, 0.05) is 29.4 Å². The van der Waals surface area contributed by atoms with E-state index in [2.05, 4.69) is 92.4 Å². The highest BCUT2D eigenvalue weighted by Gasteiger charge is 2.13. The van der Waals surface area contributed by atoms with Crippen molar-refractivity contribution < 1.29 is 4.74 Å². The van der Waals surface area contributed by atoms with Crippen LogP contribution in [0.2, 0.25) is 0 Å². The summed E-state index contributed by atoms with van der Waals surface area (Å²) in [5, 5.41) is 2.67. The van der Waals surface area contributed by atoms with Gasteiger partial charge in [-0.3, -0.25) is 0 Å². The Morgan fingerprint density at radius 2 is 1.52 bits per heavy atom. The van der Waals surface area contributed by atoms with Gasteiger partial charge in [0.1, 0.15) is 12.4 Å². The summed E-state index contributed by atoms with van der Waals surface area (Å²) in [6, 6.07) is 25.4. The van der Waals surface area contributed by atoms with Gasteiger partial charge in [0.2, 0.25) is 0 Å². The standard InChI is InChI=1S/C24H28NOP/c1-4-25(5-2)21-15-11-12-19(3)24(21)27-23-17-10-9-16-22(23)26-18-20-13-7-6-8-14-20/h6-17,27H,4-5,18H2,1-3H3. The summed E-state index contributed by atoms with van der Waals surface area (Å²) < 4.78 is 6.18. The molecule has 0 heterocycles. The molecule has 0 saturated carbocycles. The number of ether oxygens (including phenoxy) is 1. The lowest BCUT2D eigenvalue weighted by molar-refractivity contribution is 0.309. The Balaban J connectivity index is 1.86. The Morgan fingerprint density at radius 1 is 0.815 bits per heavy atom. The van der Waals surface area contributed by atoms with E-state index in [0.29, 0.717) is 15.2 Å². The predicted octanol–water partition coefficient (Wildman–Crippen LogP) is 5.05. The molecule has 0 amide bonds. The number of para-hydroxylation sites is 1. The fourth-order valence-electron chi connectivity index (χ4n) is 3.21. The molecule has 27 heavy (non-hydrogen) atoms. The Hall–Kier alpha value is -2.31. The molecule has 2 nitrogen and oxygen atoms in total. The van der Waals surface area contributed by atoms with E-state index in [-0.39, 0.29) is 0 Å². The average Bonchev–Trinajstić information content (AvgIpc) is 2.71. The van der Waals surface area contributed by atoms with Crippen molar-refractivity contribution in [2.24, 2.45) is 0 Å². The first-order chi connectivity index (χ1) is 13.2. The minimum Gasteiger partial charge on any atom is -0.488 e. The molecule has 0 aromatic heterocycles. The minimum atomic E-state index is 0.573. The molecule has 0 aliphatic rings. The van der Waals surface area contributed by atoms with E-state index in [4.69, 9.17) is 4.74 Å². The highest BCUT2D eigenvalue weighted by Crippen LogP contribution is 2.27. The number of anilines is 1. The Labute approximate surface area is 165 Å². The molecule has 3 rings (SSSR count). The molecule has 3 aromatic rings. The largest absolute Gasteiger partial charge is 0.488 e. The molecule has 0 radical (unpaired) electrons. The minimum absolute atomic E-state index is 0.573. The summed E-state index contributed by atoms with van der Waals surface area (Å²) >= 11 is 0. The monoisotopic (exact) mass is 377 g/mol. The Kier molecular flexibility index (Phi) is 6.90. The van der Waals surface area contributed by atoms with Gasteiger partial charge in [0.25, 0.3) is 0 Å². The summed E-state index contributed by atoms with van der Waals surface area (Å²) in [5.74, 6) is 0.980. The number of nitrogens with zero attached hydrogens (tertiary/aromatic N) is 1. The van der Waals surface area contributed by atoms with E-state index in [1.807, 2.05) is 6.07 Å². The van der Waals surface area contributed by atoms with E-state index in [1.165, 1.54) is 27.4 Å². The molecular formula is C24H28NOP. The van der Waals surface area contributed by atoms with Crippen LogP contribution in [0, 0.1) is 6.92 Å². The van der Waals surface area contributed by atoms with Crippen molar-refractivity contribution in [1.29, 1.82) is 0 Å². The van der Waals surface area contributed by atoms with Crippen molar-refractivity contribution in [3.8, 4) is 5.75 Å². The fraction of sp³-hybridized carbons (Fsp3) is 0.250. The van der Waals surface area contributed by atoms with Crippen LogP contribution >= 0.6 is 8.58 Å². The van der Waals surface area contributed by atoms with Crippen molar-refractivity contribution in [3.63, 3.8) is 0 Å². The summed E-state index contributed by atoms with van der Waals surface area (Å²) in [5.41, 5.74) is 3.88. The normalized spacial score (nSPS) is 11.1. The van der Waals surface area contributed by atoms with Crippen LogP contribution in [0.3, 0.4) is 0 Å². The quantitative estimate of drug-likeness (QED) is 0.510. The smallest absolute Gasteiger partial charge is 0.127 e. The maximum atomic E-state index is 6.18. The molecule has 140 valence electrons. The average molecular weight is 377 g/mol. The maximum Gasteiger partial charge on any atom is 0.127 e. The number of benzene rings is 3. The molecule has 0 aliphatic heterocycles. The zero-order chi connectivity index (χ0) is 19.1. The molecule has 1 atom stereocenters. The second-order valence-corrected chi connectivity index (χ2v) is 7.83. The maximum absolute atomic E-state index is 6.18. The van der Waals surface area contributed by atoms with E-state index in [1.54, 1.807) is 0 Å². The number of rotatable bonds is 8. The van der Waals surface area contributed by atoms with Gasteiger partial charge < -0.3 is 9.64 Å². The summed E-state index contributed by atoms with van der Waals surface area (Å²) in [7, 11) is 0.573. The second-order valence-electron chi connectivity index (χ2n) is 6.54. The van der Waals surface area contributed by atoms with Crippen LogP contribution in [0.4, 0.5) is 5.69 Å². The Morgan fingerprint density at radius 3 is 2.26 bits per heavy atom. The van der Waals surface area contributed by atoms with Gasteiger partial charge >= 0.3 is 0 Å². The van der Waals surface area contributed by atoms with Gasteiger partial charge in [-0.1, -0.05) is 69.2 Å². The lowest BCUT2D eigenvalue weighted by atomic mass is 10.2. The van der Waals surface area contributed by atoms with Crippen LogP contribution in [0.5, 0.6) is 5.75 Å². The van der Waals surface area contributed by atoms with Crippen molar-refractivity contribution >= 4 is 24.9 Å². The SMILES string of the molecule is CCN(CC)c1cccc(C)c1Pc1ccccc1OCc1ccccc1. The topological polar surface area (TPSA) is 12.5 Å². The molecule has 0 bridgehead atoms. The van der Waals surface area contributed by atoms with Crippen LogP contribution < -0.4 is 20.2 Å². The zero-order valence-corrected chi connectivity index (χ0v) is 17.4. The second kappa shape index (κ2) is 9.58. The molecule has 0 fully saturated rings. The van der Waals surface area contributed by atoms with Crippen LogP contribution in [0.15, 0.2) is 72.8 Å². The first-order valence-electron chi connectivity index (χ1n) is 9.60. The number of aryl methyl sites for hydroxylation is 1. The third-order valence-corrected chi connectivity index (χ3v) is 6.32. The van der Waals surface area contributed by atoms with Crippen molar-refractivity contribution in [1.82, 2.24) is 0 Å². The molecule has 3 heteroatoms. The van der Waals surface area contributed by atoms with E-state index in [0.717, 1.165) is 18.8 Å². The summed E-state index contributed by atoms with van der Waals surface area (Å²) in [6.45, 7) is 9.28. The van der Waals surface area contributed by atoms with Crippen molar-refractivity contribution in [2.75, 3.05) is 18.0 Å². The predicted molar refractivity (Wildman–Crippen MR) is 120 cm³/mol. The summed E-state index contributed by atoms with van der Waals surface area (Å²) in [6.07, 6.45) is 0. The molecular weight excluding hydrogens is 349 g/mol. The molecule has 1 unspecified atom stereocenters. The van der Waals surface area contributed by atoms with Crippen molar-refractivity contribution in [3.05, 3.63) is 83.9 Å². The third-order valence-electron chi connectivity index (χ3n) is 4.74. The number of hydrogen-bond acceptors (Lipinski definition) is 2. The van der Waals surface area contributed by atoms with Gasteiger partial charge in [-0.05, 0) is 44.0 Å². The first kappa shape index (κ1) is 19.5. The third kappa shape index (κ3) is 4.90. The van der Waals surface area contributed by atoms with E-state index in [9.17, 15) is 0 Å². The molecule has 0 spiro atoms. The van der Waals surface area contributed by atoms with Crippen LogP contribution in [-0.2, 0) is 6.61 Å². The van der Waals surface area contributed by atoms with Crippen LogP contribution in [0.25, 0.3) is 0 Å². The Bertz CT molecular complexity index is 859. The van der Waals surface area contributed by atoms with Crippen molar-refractivity contribution in [2.45, 2.75) is 27.4 Å². The van der Waals surface area contributed by atoms with Gasteiger partial charge in [0.15, 0.2) is 0 Å².